The SMILES string of the molecule is Cc1cccc2c1N(C(=O)COc1ccccc1)CCCN(C(C)C)CCN(C(=O)c1cnc(N3CCC(C)CC3)nc1)C2. The summed E-state index contributed by atoms with van der Waals surface area (Å²) in [7, 11) is 0. The van der Waals surface area contributed by atoms with Crippen molar-refractivity contribution in [1.29, 1.82) is 0 Å². The van der Waals surface area contributed by atoms with Gasteiger partial charge in [0.15, 0.2) is 6.61 Å². The summed E-state index contributed by atoms with van der Waals surface area (Å²) in [6, 6.07) is 15.8. The van der Waals surface area contributed by atoms with Gasteiger partial charge in [0.05, 0.1) is 11.3 Å². The van der Waals surface area contributed by atoms with Gasteiger partial charge in [0, 0.05) is 64.2 Å². The number of rotatable bonds is 6. The number of fused-ring (bicyclic) bond motifs is 1. The highest BCUT2D eigenvalue weighted by molar-refractivity contribution is 5.97. The molecule has 234 valence electrons. The maximum absolute atomic E-state index is 14.0. The molecule has 0 unspecified atom stereocenters. The van der Waals surface area contributed by atoms with Gasteiger partial charge in [-0.05, 0) is 69.2 Å². The van der Waals surface area contributed by atoms with Crippen LogP contribution in [0.4, 0.5) is 11.6 Å². The molecule has 9 heteroatoms. The maximum atomic E-state index is 14.0. The molecule has 0 N–H and O–H groups in total. The Labute approximate surface area is 261 Å². The lowest BCUT2D eigenvalue weighted by atomic mass is 10.00. The lowest BCUT2D eigenvalue weighted by molar-refractivity contribution is -0.120. The van der Waals surface area contributed by atoms with E-state index in [0.717, 1.165) is 68.2 Å². The number of aryl methyl sites for hydroxylation is 1. The van der Waals surface area contributed by atoms with E-state index in [4.69, 9.17) is 4.74 Å². The minimum absolute atomic E-state index is 0.0616. The van der Waals surface area contributed by atoms with Crippen LogP contribution in [0.2, 0.25) is 0 Å². The van der Waals surface area contributed by atoms with Gasteiger partial charge >= 0.3 is 0 Å². The third-order valence-electron chi connectivity index (χ3n) is 8.81. The first kappa shape index (κ1) is 31.4. The van der Waals surface area contributed by atoms with Gasteiger partial charge in [-0.1, -0.05) is 43.3 Å². The zero-order valence-corrected chi connectivity index (χ0v) is 26.6. The van der Waals surface area contributed by atoms with Crippen LogP contribution in [-0.2, 0) is 11.3 Å². The van der Waals surface area contributed by atoms with Crippen LogP contribution < -0.4 is 14.5 Å². The van der Waals surface area contributed by atoms with Crippen LogP contribution in [0.15, 0.2) is 60.9 Å². The summed E-state index contributed by atoms with van der Waals surface area (Å²) < 4.78 is 5.88. The first-order chi connectivity index (χ1) is 21.3. The Balaban J connectivity index is 1.41. The highest BCUT2D eigenvalue weighted by Gasteiger charge is 2.27. The Hall–Kier alpha value is -3.98. The number of amides is 2. The average Bonchev–Trinajstić information content (AvgIpc) is 3.07. The summed E-state index contributed by atoms with van der Waals surface area (Å²) in [5, 5.41) is 0. The quantitative estimate of drug-likeness (QED) is 0.386. The van der Waals surface area contributed by atoms with Gasteiger partial charge in [-0.15, -0.1) is 0 Å². The lowest BCUT2D eigenvalue weighted by Gasteiger charge is -2.31. The number of benzene rings is 2. The van der Waals surface area contributed by atoms with Crippen LogP contribution in [0.5, 0.6) is 5.75 Å². The second-order valence-corrected chi connectivity index (χ2v) is 12.4. The molecule has 3 aromatic rings. The Bertz CT molecular complexity index is 1390. The summed E-state index contributed by atoms with van der Waals surface area (Å²) in [5.41, 5.74) is 3.26. The van der Waals surface area contributed by atoms with Crippen LogP contribution in [0, 0.1) is 12.8 Å². The van der Waals surface area contributed by atoms with E-state index in [2.05, 4.69) is 40.5 Å². The van der Waals surface area contributed by atoms with E-state index in [0.29, 0.717) is 42.9 Å². The van der Waals surface area contributed by atoms with E-state index in [1.54, 1.807) is 12.4 Å². The molecule has 44 heavy (non-hydrogen) atoms. The first-order valence-corrected chi connectivity index (χ1v) is 16.0. The van der Waals surface area contributed by atoms with Gasteiger partial charge in [-0.25, -0.2) is 9.97 Å². The van der Waals surface area contributed by atoms with E-state index >= 15 is 0 Å². The molecule has 1 aromatic heterocycles. The predicted octanol–water partition coefficient (Wildman–Crippen LogP) is 5.19. The first-order valence-electron chi connectivity index (χ1n) is 16.0. The fraction of sp³-hybridized carbons (Fsp3) is 0.486. The number of hydrogen-bond donors (Lipinski definition) is 0. The van der Waals surface area contributed by atoms with Gasteiger partial charge in [-0.2, -0.15) is 0 Å². The summed E-state index contributed by atoms with van der Waals surface area (Å²) in [4.78, 5) is 45.3. The van der Waals surface area contributed by atoms with Gasteiger partial charge < -0.3 is 19.4 Å². The summed E-state index contributed by atoms with van der Waals surface area (Å²) in [6.07, 6.45) is 6.40. The summed E-state index contributed by atoms with van der Waals surface area (Å²) in [5.74, 6) is 1.86. The number of carbonyl (C=O) groups is 2. The summed E-state index contributed by atoms with van der Waals surface area (Å²) >= 11 is 0. The molecule has 0 radical (unpaired) electrons. The fourth-order valence-corrected chi connectivity index (χ4v) is 6.09. The third kappa shape index (κ3) is 7.75. The van der Waals surface area contributed by atoms with E-state index in [-0.39, 0.29) is 18.4 Å². The predicted molar refractivity (Wildman–Crippen MR) is 174 cm³/mol. The second-order valence-electron chi connectivity index (χ2n) is 12.4. The minimum Gasteiger partial charge on any atom is -0.484 e. The Kier molecular flexibility index (Phi) is 10.5. The number of carbonyl (C=O) groups excluding carboxylic acids is 2. The van der Waals surface area contributed by atoms with Gasteiger partial charge in [0.1, 0.15) is 5.75 Å². The van der Waals surface area contributed by atoms with Crippen molar-refractivity contribution in [3.05, 3.63) is 77.6 Å². The second kappa shape index (κ2) is 14.7. The number of piperidine rings is 1. The molecule has 2 amide bonds. The van der Waals surface area contributed by atoms with Gasteiger partial charge in [0.25, 0.3) is 11.8 Å². The molecule has 3 heterocycles. The standard InChI is InChI=1S/C35H46N6O3/c1-26(2)38-16-9-17-41(32(42)25-44-31-12-6-5-7-13-31)33-28(4)10-8-11-29(33)24-40(21-20-38)34(43)30-22-36-35(37-23-30)39-18-14-27(3)15-19-39/h5-8,10-13,22-23,26-27H,9,14-21,24-25H2,1-4H3. The smallest absolute Gasteiger partial charge is 0.264 e. The van der Waals surface area contributed by atoms with Crippen molar-refractivity contribution in [2.75, 3.05) is 55.7 Å². The molecule has 5 rings (SSSR count). The number of hydrogen-bond acceptors (Lipinski definition) is 7. The maximum Gasteiger partial charge on any atom is 0.264 e. The molecule has 9 nitrogen and oxygen atoms in total. The van der Waals surface area contributed by atoms with Crippen LogP contribution in [0.25, 0.3) is 0 Å². The number of nitrogens with zero attached hydrogens (tertiary/aromatic N) is 6. The molecule has 2 aliphatic rings. The zero-order chi connectivity index (χ0) is 31.1. The Morgan fingerprint density at radius 2 is 1.64 bits per heavy atom. The molecular weight excluding hydrogens is 552 g/mol. The number of anilines is 2. The third-order valence-corrected chi connectivity index (χ3v) is 8.81. The highest BCUT2D eigenvalue weighted by atomic mass is 16.5. The normalized spacial score (nSPS) is 17.2. The fourth-order valence-electron chi connectivity index (χ4n) is 6.09. The molecule has 2 aromatic carbocycles. The topological polar surface area (TPSA) is 82.1 Å². The number of para-hydroxylation sites is 2. The van der Waals surface area contributed by atoms with E-state index in [9.17, 15) is 9.59 Å². The largest absolute Gasteiger partial charge is 0.484 e. The Morgan fingerprint density at radius 3 is 2.34 bits per heavy atom. The van der Waals surface area contributed by atoms with Gasteiger partial charge in [0.2, 0.25) is 5.95 Å². The minimum atomic E-state index is -0.107. The average molecular weight is 599 g/mol. The molecule has 2 aliphatic heterocycles. The van der Waals surface area contributed by atoms with Crippen molar-refractivity contribution < 1.29 is 14.3 Å². The monoisotopic (exact) mass is 598 g/mol. The molecule has 1 saturated heterocycles. The van der Waals surface area contributed by atoms with Crippen molar-refractivity contribution in [1.82, 2.24) is 19.8 Å². The van der Waals surface area contributed by atoms with Crippen molar-refractivity contribution in [2.24, 2.45) is 5.92 Å². The lowest BCUT2D eigenvalue weighted by Crippen LogP contribution is -2.41. The van der Waals surface area contributed by atoms with Crippen LogP contribution in [0.1, 0.15) is 61.5 Å². The van der Waals surface area contributed by atoms with Crippen LogP contribution in [0.3, 0.4) is 0 Å². The van der Waals surface area contributed by atoms with Crippen LogP contribution in [-0.4, -0.2) is 83.5 Å². The van der Waals surface area contributed by atoms with E-state index < -0.39 is 0 Å². The molecule has 0 spiro atoms. The molecule has 0 aliphatic carbocycles. The summed E-state index contributed by atoms with van der Waals surface area (Å²) in [6.45, 7) is 13.5. The number of aromatic nitrogens is 2. The molecule has 1 fully saturated rings. The van der Waals surface area contributed by atoms with Crippen molar-refractivity contribution in [3.8, 4) is 5.75 Å². The van der Waals surface area contributed by atoms with Gasteiger partial charge in [-0.3, -0.25) is 14.5 Å². The molecule has 0 bridgehead atoms. The van der Waals surface area contributed by atoms with Crippen molar-refractivity contribution >= 4 is 23.5 Å². The molecule has 0 saturated carbocycles. The van der Waals surface area contributed by atoms with Crippen molar-refractivity contribution in [3.63, 3.8) is 0 Å². The van der Waals surface area contributed by atoms with Crippen LogP contribution >= 0.6 is 0 Å². The zero-order valence-electron chi connectivity index (χ0n) is 26.6. The number of ether oxygens (including phenoxy) is 1. The van der Waals surface area contributed by atoms with E-state index in [1.165, 1.54) is 0 Å². The molecular formula is C35H46N6O3. The highest BCUT2D eigenvalue weighted by Crippen LogP contribution is 2.29. The molecule has 0 atom stereocenters. The van der Waals surface area contributed by atoms with E-state index in [1.807, 2.05) is 65.3 Å². The Morgan fingerprint density at radius 1 is 0.909 bits per heavy atom. The van der Waals surface area contributed by atoms with Crippen molar-refractivity contribution in [2.45, 2.75) is 59.5 Å².